The smallest absolute Gasteiger partial charge is 0.0649 e. The van der Waals surface area contributed by atoms with Gasteiger partial charge in [-0.1, -0.05) is 26.2 Å². The van der Waals surface area contributed by atoms with Gasteiger partial charge in [0, 0.05) is 0 Å². The maximum absolute atomic E-state index is 5.00. The minimum Gasteiger partial charge on any atom is -0.345 e. The SMILES string of the molecule is C#C[CH-]C(C)CC. The molecule has 0 heteroatoms. The predicted molar refractivity (Wildman–Crippen MR) is 32.6 cm³/mol. The maximum Gasteiger partial charge on any atom is -0.0649 e. The van der Waals surface area contributed by atoms with Crippen LogP contribution in [0.2, 0.25) is 0 Å². The van der Waals surface area contributed by atoms with Gasteiger partial charge in [0.05, 0.1) is 0 Å². The molecule has 0 N–H and O–H groups in total. The van der Waals surface area contributed by atoms with Crippen LogP contribution < -0.4 is 0 Å². The van der Waals surface area contributed by atoms with Gasteiger partial charge in [0.25, 0.3) is 0 Å². The van der Waals surface area contributed by atoms with Crippen LogP contribution in [0.5, 0.6) is 0 Å². The Morgan fingerprint density at radius 2 is 2.43 bits per heavy atom. The van der Waals surface area contributed by atoms with Crippen molar-refractivity contribution in [3.8, 4) is 12.3 Å². The molecule has 40 valence electrons. The van der Waals surface area contributed by atoms with E-state index in [0.717, 1.165) is 6.42 Å². The lowest BCUT2D eigenvalue weighted by Gasteiger charge is -2.06. The predicted octanol–water partition coefficient (Wildman–Crippen LogP) is 1.87. The fourth-order valence-electron chi connectivity index (χ4n) is 0.282. The molecule has 0 radical (unpaired) electrons. The summed E-state index contributed by atoms with van der Waals surface area (Å²) in [6.45, 7) is 4.23. The number of hydrogen-bond donors (Lipinski definition) is 0. The average Bonchev–Trinajstić information content (AvgIpc) is 1.68. The fraction of sp³-hybridized carbons (Fsp3) is 0.571. The van der Waals surface area contributed by atoms with Crippen LogP contribution in [0.3, 0.4) is 0 Å². The van der Waals surface area contributed by atoms with Gasteiger partial charge >= 0.3 is 0 Å². The van der Waals surface area contributed by atoms with Crippen LogP contribution in [0, 0.1) is 24.7 Å². The first kappa shape index (κ1) is 6.43. The highest BCUT2D eigenvalue weighted by Crippen LogP contribution is 2.01. The van der Waals surface area contributed by atoms with Crippen molar-refractivity contribution < 1.29 is 0 Å². The molecular formula is C7H11-. The molecule has 0 saturated carbocycles. The Balaban J connectivity index is 3.03. The van der Waals surface area contributed by atoms with E-state index in [1.165, 1.54) is 0 Å². The van der Waals surface area contributed by atoms with Crippen molar-refractivity contribution in [3.05, 3.63) is 6.42 Å². The second kappa shape index (κ2) is 3.61. The van der Waals surface area contributed by atoms with Crippen molar-refractivity contribution in [3.63, 3.8) is 0 Å². The minimum atomic E-state index is 0.588. The molecular weight excluding hydrogens is 84.1 g/mol. The maximum atomic E-state index is 5.00. The summed E-state index contributed by atoms with van der Waals surface area (Å²) in [4.78, 5) is 0. The molecule has 0 aromatic rings. The molecule has 0 aliphatic carbocycles. The van der Waals surface area contributed by atoms with Gasteiger partial charge in [-0.05, 0) is 0 Å². The first-order valence-corrected chi connectivity index (χ1v) is 2.60. The van der Waals surface area contributed by atoms with E-state index in [1.54, 1.807) is 0 Å². The third kappa shape index (κ3) is 3.26. The zero-order chi connectivity index (χ0) is 5.70. The van der Waals surface area contributed by atoms with Crippen LogP contribution in [-0.4, -0.2) is 0 Å². The first-order valence-electron chi connectivity index (χ1n) is 2.60. The van der Waals surface area contributed by atoms with Gasteiger partial charge in [0.1, 0.15) is 0 Å². The molecule has 7 heavy (non-hydrogen) atoms. The normalized spacial score (nSPS) is 12.1. The molecule has 0 amide bonds. The highest BCUT2D eigenvalue weighted by atomic mass is 14.0. The van der Waals surface area contributed by atoms with Crippen molar-refractivity contribution in [2.24, 2.45) is 5.92 Å². The first-order chi connectivity index (χ1) is 3.31. The summed E-state index contributed by atoms with van der Waals surface area (Å²) < 4.78 is 0. The molecule has 0 spiro atoms. The van der Waals surface area contributed by atoms with Crippen LogP contribution >= 0.6 is 0 Å². The highest BCUT2D eigenvalue weighted by molar-refractivity contribution is 5.02. The van der Waals surface area contributed by atoms with Crippen molar-refractivity contribution in [2.45, 2.75) is 20.3 Å². The van der Waals surface area contributed by atoms with Gasteiger partial charge in [-0.2, -0.15) is 6.42 Å². The lowest BCUT2D eigenvalue weighted by molar-refractivity contribution is 0.669. The van der Waals surface area contributed by atoms with Gasteiger partial charge in [-0.3, -0.25) is 5.92 Å². The Morgan fingerprint density at radius 3 is 2.57 bits per heavy atom. The van der Waals surface area contributed by atoms with Gasteiger partial charge in [0.15, 0.2) is 0 Å². The molecule has 1 atom stereocenters. The molecule has 0 nitrogen and oxygen atoms in total. The van der Waals surface area contributed by atoms with Crippen LogP contribution in [-0.2, 0) is 0 Å². The van der Waals surface area contributed by atoms with Crippen LogP contribution in [0.1, 0.15) is 20.3 Å². The Hall–Kier alpha value is -0.570. The molecule has 0 aromatic heterocycles. The van der Waals surface area contributed by atoms with E-state index in [1.807, 2.05) is 6.42 Å². The lowest BCUT2D eigenvalue weighted by Crippen LogP contribution is -1.88. The zero-order valence-corrected chi connectivity index (χ0v) is 4.94. The van der Waals surface area contributed by atoms with Crippen molar-refractivity contribution >= 4 is 0 Å². The summed E-state index contributed by atoms with van der Waals surface area (Å²) >= 11 is 0. The second-order valence-corrected chi connectivity index (χ2v) is 1.72. The van der Waals surface area contributed by atoms with Crippen molar-refractivity contribution in [1.82, 2.24) is 0 Å². The third-order valence-electron chi connectivity index (χ3n) is 1.02. The molecule has 0 bridgehead atoms. The zero-order valence-electron chi connectivity index (χ0n) is 4.94. The standard InChI is InChI=1S/C7H11/c1-4-6-7(3)5-2/h1,6-7H,5H2,2-3H3/q-1. The van der Waals surface area contributed by atoms with E-state index in [9.17, 15) is 0 Å². The quantitative estimate of drug-likeness (QED) is 0.363. The highest BCUT2D eigenvalue weighted by Gasteiger charge is 1.83. The molecule has 0 rings (SSSR count). The second-order valence-electron chi connectivity index (χ2n) is 1.72. The van der Waals surface area contributed by atoms with Crippen LogP contribution in [0.15, 0.2) is 0 Å². The molecule has 0 aromatic carbocycles. The topological polar surface area (TPSA) is 0 Å². The minimum absolute atomic E-state index is 0.588. The number of hydrogen-bond acceptors (Lipinski definition) is 0. The molecule has 0 fully saturated rings. The average molecular weight is 95.2 g/mol. The molecule has 0 heterocycles. The Bertz CT molecular complexity index is 66.6. The largest absolute Gasteiger partial charge is 0.345 e. The summed E-state index contributed by atoms with van der Waals surface area (Å²) in [6.07, 6.45) is 8.02. The Kier molecular flexibility index (Phi) is 3.32. The van der Waals surface area contributed by atoms with Crippen molar-refractivity contribution in [2.75, 3.05) is 0 Å². The van der Waals surface area contributed by atoms with E-state index in [-0.39, 0.29) is 0 Å². The molecule has 0 aliphatic rings. The molecule has 0 saturated heterocycles. The molecule has 1 unspecified atom stereocenters. The van der Waals surface area contributed by atoms with Crippen molar-refractivity contribution in [1.29, 1.82) is 0 Å². The third-order valence-corrected chi connectivity index (χ3v) is 1.02. The Morgan fingerprint density at radius 1 is 1.86 bits per heavy atom. The molecule has 0 aliphatic heterocycles. The van der Waals surface area contributed by atoms with Crippen LogP contribution in [0.4, 0.5) is 0 Å². The summed E-state index contributed by atoms with van der Waals surface area (Å²) in [5.74, 6) is 3.08. The summed E-state index contributed by atoms with van der Waals surface area (Å²) in [5, 5.41) is 0. The van der Waals surface area contributed by atoms with Gasteiger partial charge < -0.3 is 6.42 Å². The lowest BCUT2D eigenvalue weighted by atomic mass is 10.1. The number of terminal acetylenes is 1. The monoisotopic (exact) mass is 95.1 g/mol. The summed E-state index contributed by atoms with van der Waals surface area (Å²) in [5.41, 5.74) is 0. The van der Waals surface area contributed by atoms with Gasteiger partial charge in [-0.25, -0.2) is 0 Å². The summed E-state index contributed by atoms with van der Waals surface area (Å²) in [7, 11) is 0. The van der Waals surface area contributed by atoms with Gasteiger partial charge in [-0.15, -0.1) is 0 Å². The van der Waals surface area contributed by atoms with E-state index < -0.39 is 0 Å². The van der Waals surface area contributed by atoms with E-state index in [0.29, 0.717) is 5.92 Å². The van der Waals surface area contributed by atoms with Crippen LogP contribution in [0.25, 0.3) is 0 Å². The summed E-state index contributed by atoms with van der Waals surface area (Å²) in [6, 6.07) is 0. The van der Waals surface area contributed by atoms with E-state index in [2.05, 4.69) is 19.8 Å². The van der Waals surface area contributed by atoms with Gasteiger partial charge in [0.2, 0.25) is 0 Å². The van der Waals surface area contributed by atoms with E-state index >= 15 is 0 Å². The Labute approximate surface area is 45.9 Å². The number of rotatable bonds is 2. The van der Waals surface area contributed by atoms with E-state index in [4.69, 9.17) is 6.42 Å². The fourth-order valence-corrected chi connectivity index (χ4v) is 0.282.